The maximum Gasteiger partial charge on any atom is 0.146 e. The molecule has 2 saturated heterocycles. The predicted molar refractivity (Wildman–Crippen MR) is 76.5 cm³/mol. The Morgan fingerprint density at radius 2 is 2.15 bits per heavy atom. The number of nitriles is 1. The van der Waals surface area contributed by atoms with Crippen molar-refractivity contribution in [3.05, 3.63) is 23.9 Å². The van der Waals surface area contributed by atoms with E-state index in [1.54, 1.807) is 6.20 Å². The Morgan fingerprint density at radius 3 is 2.85 bits per heavy atom. The van der Waals surface area contributed by atoms with E-state index < -0.39 is 0 Å². The second-order valence-electron chi connectivity index (χ2n) is 5.47. The maximum atomic E-state index is 9.15. The number of nitrogens with one attached hydrogen (secondary N) is 1. The summed E-state index contributed by atoms with van der Waals surface area (Å²) in [5, 5.41) is 12.8. The van der Waals surface area contributed by atoms with E-state index in [0.29, 0.717) is 17.6 Å². The molecule has 5 heteroatoms. The molecule has 5 nitrogen and oxygen atoms in total. The molecule has 0 saturated carbocycles. The third-order valence-electron chi connectivity index (χ3n) is 4.10. The fraction of sp³-hybridized carbons (Fsp3) is 0.600. The molecular weight excluding hydrogens is 252 g/mol. The van der Waals surface area contributed by atoms with Crippen LogP contribution in [0.1, 0.15) is 24.8 Å². The van der Waals surface area contributed by atoms with Gasteiger partial charge in [0.1, 0.15) is 11.9 Å². The van der Waals surface area contributed by atoms with E-state index in [2.05, 4.69) is 21.3 Å². The molecular formula is C15H20N4O. The predicted octanol–water partition coefficient (Wildman–Crippen LogP) is 1.30. The van der Waals surface area contributed by atoms with E-state index in [-0.39, 0.29) is 0 Å². The minimum absolute atomic E-state index is 0.524. The lowest BCUT2D eigenvalue weighted by Crippen LogP contribution is -2.46. The average molecular weight is 272 g/mol. The first-order valence-electron chi connectivity index (χ1n) is 7.30. The third kappa shape index (κ3) is 2.92. The molecule has 1 atom stereocenters. The van der Waals surface area contributed by atoms with Gasteiger partial charge >= 0.3 is 0 Å². The number of nitrogens with zero attached hydrogens (tertiary/aromatic N) is 3. The van der Waals surface area contributed by atoms with E-state index in [1.807, 2.05) is 12.1 Å². The number of hydrogen-bond acceptors (Lipinski definition) is 5. The van der Waals surface area contributed by atoms with Crippen LogP contribution in [0.15, 0.2) is 18.3 Å². The van der Waals surface area contributed by atoms with Gasteiger partial charge in [-0.3, -0.25) is 0 Å². The second-order valence-corrected chi connectivity index (χ2v) is 5.47. The van der Waals surface area contributed by atoms with Crippen molar-refractivity contribution in [3.8, 4) is 6.07 Å². The molecule has 0 aromatic carbocycles. The summed E-state index contributed by atoms with van der Waals surface area (Å²) >= 11 is 0. The van der Waals surface area contributed by atoms with Crippen LogP contribution in [-0.4, -0.2) is 43.4 Å². The average Bonchev–Trinajstić information content (AvgIpc) is 3.01. The number of pyridine rings is 1. The minimum atomic E-state index is 0.524. The van der Waals surface area contributed by atoms with Gasteiger partial charge in [-0.1, -0.05) is 0 Å². The van der Waals surface area contributed by atoms with Gasteiger partial charge in [0.2, 0.25) is 0 Å². The molecule has 0 unspecified atom stereocenters. The molecule has 0 amide bonds. The van der Waals surface area contributed by atoms with Gasteiger partial charge < -0.3 is 15.0 Å². The Labute approximate surface area is 119 Å². The zero-order valence-corrected chi connectivity index (χ0v) is 11.6. The maximum absolute atomic E-state index is 9.15. The lowest BCUT2D eigenvalue weighted by molar-refractivity contribution is 0.186. The summed E-state index contributed by atoms with van der Waals surface area (Å²) < 4.78 is 5.40. The molecule has 106 valence electrons. The standard InChI is InChI=1S/C15H20N4O/c16-10-12-2-1-6-17-15(12)19-7-3-13(4-8-19)18-14-5-9-20-11-14/h1-2,6,13-14,18H,3-5,7-9,11H2/t14-/m1/s1. The Kier molecular flexibility index (Phi) is 4.14. The molecule has 1 aromatic heterocycles. The number of ether oxygens (including phenoxy) is 1. The summed E-state index contributed by atoms with van der Waals surface area (Å²) in [7, 11) is 0. The first kappa shape index (κ1) is 13.3. The van der Waals surface area contributed by atoms with Crippen LogP contribution in [0.5, 0.6) is 0 Å². The van der Waals surface area contributed by atoms with Crippen molar-refractivity contribution in [2.45, 2.75) is 31.3 Å². The number of hydrogen-bond donors (Lipinski definition) is 1. The summed E-state index contributed by atoms with van der Waals surface area (Å²) in [6.07, 6.45) is 5.07. The van der Waals surface area contributed by atoms with E-state index in [0.717, 1.165) is 51.4 Å². The van der Waals surface area contributed by atoms with Crippen LogP contribution in [0.3, 0.4) is 0 Å². The van der Waals surface area contributed by atoms with Gasteiger partial charge in [-0.2, -0.15) is 5.26 Å². The van der Waals surface area contributed by atoms with Gasteiger partial charge in [0.25, 0.3) is 0 Å². The van der Waals surface area contributed by atoms with Crippen molar-refractivity contribution >= 4 is 5.82 Å². The topological polar surface area (TPSA) is 61.2 Å². The van der Waals surface area contributed by atoms with Gasteiger partial charge in [0.15, 0.2) is 0 Å². The zero-order valence-electron chi connectivity index (χ0n) is 11.6. The largest absolute Gasteiger partial charge is 0.380 e. The molecule has 3 heterocycles. The molecule has 3 rings (SSSR count). The smallest absolute Gasteiger partial charge is 0.146 e. The van der Waals surface area contributed by atoms with Gasteiger partial charge in [-0.25, -0.2) is 4.98 Å². The lowest BCUT2D eigenvalue weighted by atomic mass is 10.0. The number of rotatable bonds is 3. The van der Waals surface area contributed by atoms with Crippen molar-refractivity contribution < 1.29 is 4.74 Å². The van der Waals surface area contributed by atoms with Gasteiger partial charge in [-0.05, 0) is 31.4 Å². The fourth-order valence-corrected chi connectivity index (χ4v) is 2.99. The Hall–Kier alpha value is -1.64. The summed E-state index contributed by atoms with van der Waals surface area (Å²) in [6, 6.07) is 6.96. The fourth-order valence-electron chi connectivity index (χ4n) is 2.99. The lowest BCUT2D eigenvalue weighted by Gasteiger charge is -2.34. The highest BCUT2D eigenvalue weighted by atomic mass is 16.5. The Balaban J connectivity index is 1.56. The number of anilines is 1. The quantitative estimate of drug-likeness (QED) is 0.898. The molecule has 2 fully saturated rings. The van der Waals surface area contributed by atoms with Crippen molar-refractivity contribution in [2.24, 2.45) is 0 Å². The first-order valence-corrected chi connectivity index (χ1v) is 7.30. The highest BCUT2D eigenvalue weighted by Crippen LogP contribution is 2.21. The van der Waals surface area contributed by atoms with Crippen LogP contribution < -0.4 is 10.2 Å². The van der Waals surface area contributed by atoms with E-state index in [9.17, 15) is 0 Å². The summed E-state index contributed by atoms with van der Waals surface area (Å²) in [5.41, 5.74) is 0.670. The summed E-state index contributed by atoms with van der Waals surface area (Å²) in [6.45, 7) is 3.64. The SMILES string of the molecule is N#Cc1cccnc1N1CCC(N[C@@H]2CCOC2)CC1. The summed E-state index contributed by atoms with van der Waals surface area (Å²) in [5.74, 6) is 0.831. The van der Waals surface area contributed by atoms with E-state index >= 15 is 0 Å². The highest BCUT2D eigenvalue weighted by molar-refractivity contribution is 5.53. The van der Waals surface area contributed by atoms with Gasteiger partial charge in [-0.15, -0.1) is 0 Å². The number of aromatic nitrogens is 1. The number of piperidine rings is 1. The van der Waals surface area contributed by atoms with Crippen LogP contribution in [0.4, 0.5) is 5.82 Å². The summed E-state index contributed by atoms with van der Waals surface area (Å²) in [4.78, 5) is 6.59. The monoisotopic (exact) mass is 272 g/mol. The van der Waals surface area contributed by atoms with Gasteiger partial charge in [0, 0.05) is 38.0 Å². The molecule has 20 heavy (non-hydrogen) atoms. The van der Waals surface area contributed by atoms with Crippen LogP contribution in [0.25, 0.3) is 0 Å². The molecule has 1 N–H and O–H groups in total. The van der Waals surface area contributed by atoms with Crippen molar-refractivity contribution in [1.29, 1.82) is 5.26 Å². The molecule has 2 aliphatic heterocycles. The molecule has 1 aromatic rings. The van der Waals surface area contributed by atoms with Crippen LogP contribution in [-0.2, 0) is 4.74 Å². The van der Waals surface area contributed by atoms with Crippen LogP contribution in [0, 0.1) is 11.3 Å². The van der Waals surface area contributed by atoms with Crippen molar-refractivity contribution in [3.63, 3.8) is 0 Å². The highest BCUT2D eigenvalue weighted by Gasteiger charge is 2.25. The van der Waals surface area contributed by atoms with Gasteiger partial charge in [0.05, 0.1) is 12.2 Å². The molecule has 0 spiro atoms. The van der Waals surface area contributed by atoms with Crippen molar-refractivity contribution in [2.75, 3.05) is 31.2 Å². The van der Waals surface area contributed by atoms with Crippen LogP contribution >= 0.6 is 0 Å². The first-order chi connectivity index (χ1) is 9.86. The zero-order chi connectivity index (χ0) is 13.8. The second kappa shape index (κ2) is 6.21. The normalized spacial score (nSPS) is 23.8. The Morgan fingerprint density at radius 1 is 1.30 bits per heavy atom. The molecule has 2 aliphatic rings. The van der Waals surface area contributed by atoms with Crippen LogP contribution in [0.2, 0.25) is 0 Å². The van der Waals surface area contributed by atoms with E-state index in [4.69, 9.17) is 10.00 Å². The van der Waals surface area contributed by atoms with E-state index in [1.165, 1.54) is 0 Å². The molecule has 0 aliphatic carbocycles. The molecule has 0 radical (unpaired) electrons. The Bertz CT molecular complexity index is 485. The minimum Gasteiger partial charge on any atom is -0.380 e. The molecule has 0 bridgehead atoms. The third-order valence-corrected chi connectivity index (χ3v) is 4.10. The van der Waals surface area contributed by atoms with Crippen molar-refractivity contribution in [1.82, 2.24) is 10.3 Å².